The molecular formula is C5H3N3S2. The monoisotopic (exact) mass is 169 g/mol. The average Bonchev–Trinajstić information content (AvgIpc) is 2.59. The minimum atomic E-state index is 0.947. The summed E-state index contributed by atoms with van der Waals surface area (Å²) in [6, 6.07) is 0. The van der Waals surface area contributed by atoms with E-state index in [2.05, 4.69) is 15.2 Å². The molecular weight excluding hydrogens is 166 g/mol. The molecule has 0 saturated carbocycles. The van der Waals surface area contributed by atoms with Gasteiger partial charge in [0.05, 0.1) is 10.4 Å². The van der Waals surface area contributed by atoms with Crippen molar-refractivity contribution in [3.63, 3.8) is 0 Å². The van der Waals surface area contributed by atoms with E-state index < -0.39 is 0 Å². The lowest BCUT2D eigenvalue weighted by atomic mass is 10.6. The van der Waals surface area contributed by atoms with E-state index in [1.54, 1.807) is 28.6 Å². The van der Waals surface area contributed by atoms with Gasteiger partial charge in [0.2, 0.25) is 0 Å². The van der Waals surface area contributed by atoms with Crippen LogP contribution in [-0.2, 0) is 0 Å². The van der Waals surface area contributed by atoms with Crippen molar-refractivity contribution in [1.82, 2.24) is 15.2 Å². The Hall–Kier alpha value is -0.810. The van der Waals surface area contributed by atoms with E-state index in [0.717, 1.165) is 9.88 Å². The van der Waals surface area contributed by atoms with Crippen molar-refractivity contribution in [1.29, 1.82) is 0 Å². The van der Waals surface area contributed by atoms with Crippen LogP contribution in [0, 0.1) is 0 Å². The van der Waals surface area contributed by atoms with Crippen LogP contribution in [-0.4, -0.2) is 15.2 Å². The molecule has 2 aromatic heterocycles. The van der Waals surface area contributed by atoms with Crippen molar-refractivity contribution in [2.75, 3.05) is 0 Å². The second kappa shape index (κ2) is 2.43. The van der Waals surface area contributed by atoms with Gasteiger partial charge in [-0.1, -0.05) is 11.3 Å². The van der Waals surface area contributed by atoms with Gasteiger partial charge >= 0.3 is 0 Å². The lowest BCUT2D eigenvalue weighted by Gasteiger charge is -1.79. The highest BCUT2D eigenvalue weighted by molar-refractivity contribution is 7.19. The third kappa shape index (κ3) is 0.932. The van der Waals surface area contributed by atoms with Crippen molar-refractivity contribution in [2.24, 2.45) is 0 Å². The SMILES string of the molecule is c1ncc(-c2nncs2)s1. The van der Waals surface area contributed by atoms with Gasteiger partial charge in [-0.2, -0.15) is 0 Å². The van der Waals surface area contributed by atoms with E-state index in [-0.39, 0.29) is 0 Å². The van der Waals surface area contributed by atoms with Gasteiger partial charge in [0, 0.05) is 6.20 Å². The molecule has 0 aliphatic heterocycles. The van der Waals surface area contributed by atoms with Gasteiger partial charge in [0.15, 0.2) is 5.01 Å². The lowest BCUT2D eigenvalue weighted by Crippen LogP contribution is -1.68. The quantitative estimate of drug-likeness (QED) is 0.651. The van der Waals surface area contributed by atoms with Gasteiger partial charge in [-0.05, 0) is 0 Å². The van der Waals surface area contributed by atoms with Crippen LogP contribution in [0.4, 0.5) is 0 Å². The molecule has 3 nitrogen and oxygen atoms in total. The standard InChI is InChI=1S/C5H3N3S2/c1-4(9-2-6-1)5-8-7-3-10-5/h1-3H. The summed E-state index contributed by atoms with van der Waals surface area (Å²) in [4.78, 5) is 5.02. The van der Waals surface area contributed by atoms with Crippen LogP contribution >= 0.6 is 22.7 Å². The minimum absolute atomic E-state index is 0.947. The van der Waals surface area contributed by atoms with Crippen molar-refractivity contribution < 1.29 is 0 Å². The van der Waals surface area contributed by atoms with Gasteiger partial charge in [-0.3, -0.25) is 4.98 Å². The molecule has 0 aliphatic carbocycles. The Balaban J connectivity index is 2.48. The topological polar surface area (TPSA) is 38.7 Å². The average molecular weight is 169 g/mol. The first-order valence-corrected chi connectivity index (χ1v) is 4.38. The van der Waals surface area contributed by atoms with Crippen LogP contribution in [0.2, 0.25) is 0 Å². The second-order valence-corrected chi connectivity index (χ2v) is 3.33. The van der Waals surface area contributed by atoms with Crippen molar-refractivity contribution in [2.45, 2.75) is 0 Å². The maximum atomic E-state index is 3.94. The zero-order valence-electron chi connectivity index (χ0n) is 4.89. The van der Waals surface area contributed by atoms with Crippen LogP contribution in [0.3, 0.4) is 0 Å². The molecule has 0 amide bonds. The molecule has 2 heterocycles. The summed E-state index contributed by atoms with van der Waals surface area (Å²) in [5, 5.41) is 8.57. The van der Waals surface area contributed by atoms with Gasteiger partial charge < -0.3 is 0 Å². The van der Waals surface area contributed by atoms with E-state index in [1.807, 2.05) is 0 Å². The van der Waals surface area contributed by atoms with E-state index in [4.69, 9.17) is 0 Å². The van der Waals surface area contributed by atoms with Crippen molar-refractivity contribution >= 4 is 22.7 Å². The third-order valence-corrected chi connectivity index (χ3v) is 2.64. The van der Waals surface area contributed by atoms with Crippen molar-refractivity contribution in [3.05, 3.63) is 17.2 Å². The highest BCUT2D eigenvalue weighted by atomic mass is 32.1. The zero-order chi connectivity index (χ0) is 6.81. The molecule has 0 N–H and O–H groups in total. The number of thiazole rings is 1. The molecule has 0 radical (unpaired) electrons. The number of rotatable bonds is 1. The highest BCUT2D eigenvalue weighted by Gasteiger charge is 2.00. The van der Waals surface area contributed by atoms with Crippen LogP contribution < -0.4 is 0 Å². The third-order valence-electron chi connectivity index (χ3n) is 1.00. The number of nitrogens with zero attached hydrogens (tertiary/aromatic N) is 3. The summed E-state index contributed by atoms with van der Waals surface area (Å²) in [5.41, 5.74) is 3.51. The normalized spacial score (nSPS) is 10.0. The van der Waals surface area contributed by atoms with Gasteiger partial charge in [-0.15, -0.1) is 21.5 Å². The Labute approximate surface area is 65.4 Å². The molecule has 50 valence electrons. The first kappa shape index (κ1) is 5.94. The predicted molar refractivity (Wildman–Crippen MR) is 41.0 cm³/mol. The number of aromatic nitrogens is 3. The molecule has 0 fully saturated rings. The van der Waals surface area contributed by atoms with Crippen molar-refractivity contribution in [3.8, 4) is 9.88 Å². The smallest absolute Gasteiger partial charge is 0.159 e. The molecule has 0 bridgehead atoms. The van der Waals surface area contributed by atoms with Crippen LogP contribution in [0.25, 0.3) is 9.88 Å². The predicted octanol–water partition coefficient (Wildman–Crippen LogP) is 1.66. The molecule has 0 aromatic carbocycles. The number of hydrogen-bond acceptors (Lipinski definition) is 5. The summed E-state index contributed by atoms with van der Waals surface area (Å²) >= 11 is 3.11. The molecule has 0 spiro atoms. The van der Waals surface area contributed by atoms with Gasteiger partial charge in [0.1, 0.15) is 5.51 Å². The Morgan fingerprint density at radius 3 is 2.80 bits per heavy atom. The fraction of sp³-hybridized carbons (Fsp3) is 0. The molecule has 0 saturated heterocycles. The highest BCUT2D eigenvalue weighted by Crippen LogP contribution is 2.23. The minimum Gasteiger partial charge on any atom is -0.252 e. The lowest BCUT2D eigenvalue weighted by molar-refractivity contribution is 1.10. The Kier molecular flexibility index (Phi) is 1.44. The summed E-state index contributed by atoms with van der Waals surface area (Å²) in [5.74, 6) is 0. The first-order valence-electron chi connectivity index (χ1n) is 2.62. The Morgan fingerprint density at radius 2 is 2.20 bits per heavy atom. The largest absolute Gasteiger partial charge is 0.252 e. The molecule has 0 unspecified atom stereocenters. The van der Waals surface area contributed by atoms with Crippen LogP contribution in [0.1, 0.15) is 0 Å². The summed E-state index contributed by atoms with van der Waals surface area (Å²) in [6.07, 6.45) is 1.80. The molecule has 2 aromatic rings. The van der Waals surface area contributed by atoms with Crippen LogP contribution in [0.15, 0.2) is 17.2 Å². The Morgan fingerprint density at radius 1 is 1.20 bits per heavy atom. The summed E-state index contributed by atoms with van der Waals surface area (Å²) < 4.78 is 0. The maximum Gasteiger partial charge on any atom is 0.159 e. The number of hydrogen-bond donors (Lipinski definition) is 0. The summed E-state index contributed by atoms with van der Waals surface area (Å²) in [6.45, 7) is 0. The zero-order valence-corrected chi connectivity index (χ0v) is 6.52. The maximum absolute atomic E-state index is 3.94. The van der Waals surface area contributed by atoms with E-state index in [9.17, 15) is 0 Å². The molecule has 0 aliphatic rings. The molecule has 2 rings (SSSR count). The van der Waals surface area contributed by atoms with E-state index in [1.165, 1.54) is 11.3 Å². The van der Waals surface area contributed by atoms with E-state index in [0.29, 0.717) is 0 Å². The fourth-order valence-electron chi connectivity index (χ4n) is 0.602. The van der Waals surface area contributed by atoms with Gasteiger partial charge in [0.25, 0.3) is 0 Å². The summed E-state index contributed by atoms with van der Waals surface area (Å²) in [7, 11) is 0. The van der Waals surface area contributed by atoms with E-state index >= 15 is 0 Å². The fourth-order valence-corrected chi connectivity index (χ4v) is 1.85. The first-order chi connectivity index (χ1) is 4.97. The van der Waals surface area contributed by atoms with Crippen LogP contribution in [0.5, 0.6) is 0 Å². The van der Waals surface area contributed by atoms with Gasteiger partial charge in [-0.25, -0.2) is 0 Å². The Bertz CT molecular complexity index is 254. The molecule has 10 heavy (non-hydrogen) atoms. The molecule has 5 heteroatoms. The second-order valence-electron chi connectivity index (χ2n) is 1.61. The molecule has 0 atom stereocenters.